The summed E-state index contributed by atoms with van der Waals surface area (Å²) in [6.45, 7) is 1.64. The fraction of sp³-hybridized carbons (Fsp3) is 0.250. The number of hydrogen-bond acceptors (Lipinski definition) is 12. The van der Waals surface area contributed by atoms with Gasteiger partial charge in [-0.1, -0.05) is 24.3 Å². The van der Waals surface area contributed by atoms with Crippen molar-refractivity contribution >= 4 is 17.9 Å². The molecule has 0 radical (unpaired) electrons. The number of aliphatic carboxylic acids is 3. The summed E-state index contributed by atoms with van der Waals surface area (Å²) < 4.78 is 41.0. The Kier molecular flexibility index (Phi) is 12.2. The maximum atomic E-state index is 10.4. The van der Waals surface area contributed by atoms with Gasteiger partial charge in [-0.2, -0.15) is 0 Å². The van der Waals surface area contributed by atoms with Gasteiger partial charge in [0.25, 0.3) is 0 Å². The number of nitrogens with two attached hydrogens (primary N) is 1. The number of rotatable bonds is 8. The van der Waals surface area contributed by atoms with Crippen LogP contribution in [0.3, 0.4) is 0 Å². The van der Waals surface area contributed by atoms with Gasteiger partial charge in [0.2, 0.25) is 27.2 Å². The van der Waals surface area contributed by atoms with E-state index in [1.54, 1.807) is 54.6 Å². The molecule has 8 rings (SSSR count). The molecule has 0 fully saturated rings. The maximum absolute atomic E-state index is 10.4. The molecule has 0 bridgehead atoms. The fourth-order valence-corrected chi connectivity index (χ4v) is 4.94. The molecule has 268 valence electrons. The third-order valence-electron chi connectivity index (χ3n) is 7.25. The van der Waals surface area contributed by atoms with E-state index < -0.39 is 17.9 Å². The first-order valence-electron chi connectivity index (χ1n) is 15.6. The molecular formula is C36H35NO14. The van der Waals surface area contributed by atoms with Gasteiger partial charge in [-0.25, -0.2) is 0 Å². The second kappa shape index (κ2) is 17.3. The molecule has 4 aromatic rings. The van der Waals surface area contributed by atoms with Crippen LogP contribution in [0.4, 0.5) is 0 Å². The highest BCUT2D eigenvalue weighted by Crippen LogP contribution is 2.35. The molecule has 4 aliphatic rings. The molecule has 4 aliphatic heterocycles. The molecule has 5 N–H and O–H groups in total. The van der Waals surface area contributed by atoms with Gasteiger partial charge < -0.3 is 58.9 Å². The Balaban J connectivity index is 0.000000132. The third-order valence-corrected chi connectivity index (χ3v) is 7.25. The molecule has 51 heavy (non-hydrogen) atoms. The average Bonchev–Trinajstić information content (AvgIpc) is 3.92. The van der Waals surface area contributed by atoms with Crippen LogP contribution in [-0.4, -0.2) is 66.9 Å². The van der Waals surface area contributed by atoms with E-state index in [1.807, 2.05) is 18.2 Å². The molecule has 0 saturated heterocycles. The van der Waals surface area contributed by atoms with Gasteiger partial charge in [-0.3, -0.25) is 14.4 Å². The number of carbonyl (C=O) groups is 3. The molecule has 4 aromatic carbocycles. The second-order valence-corrected chi connectivity index (χ2v) is 11.0. The first-order chi connectivity index (χ1) is 24.7. The monoisotopic (exact) mass is 705 g/mol. The van der Waals surface area contributed by atoms with Crippen LogP contribution >= 0.6 is 0 Å². The van der Waals surface area contributed by atoms with Crippen LogP contribution < -0.4 is 43.6 Å². The Morgan fingerprint density at radius 2 is 0.686 bits per heavy atom. The van der Waals surface area contributed by atoms with Gasteiger partial charge >= 0.3 is 17.9 Å². The minimum atomic E-state index is -0.848. The van der Waals surface area contributed by atoms with Gasteiger partial charge in [0, 0.05) is 0 Å². The minimum Gasteiger partial charge on any atom is -0.481 e. The summed E-state index contributed by atoms with van der Waals surface area (Å²) in [6, 6.07) is 21.3. The largest absolute Gasteiger partial charge is 0.481 e. The van der Waals surface area contributed by atoms with Crippen LogP contribution in [0, 0.1) is 0 Å². The van der Waals surface area contributed by atoms with Crippen molar-refractivity contribution < 1.29 is 67.6 Å². The smallest absolute Gasteiger partial charge is 0.307 e. The third kappa shape index (κ3) is 10.6. The lowest BCUT2D eigenvalue weighted by Crippen LogP contribution is -2.02. The molecule has 0 amide bonds. The van der Waals surface area contributed by atoms with Crippen LogP contribution in [0.2, 0.25) is 0 Å². The number of carboxylic acid groups (broad SMARTS) is 3. The summed E-state index contributed by atoms with van der Waals surface area (Å²) in [5.74, 6) is 3.02. The van der Waals surface area contributed by atoms with Crippen molar-refractivity contribution in [2.24, 2.45) is 5.73 Å². The van der Waals surface area contributed by atoms with Crippen molar-refractivity contribution in [1.29, 1.82) is 0 Å². The predicted octanol–water partition coefficient (Wildman–Crippen LogP) is 4.04. The molecule has 0 atom stereocenters. The van der Waals surface area contributed by atoms with Gasteiger partial charge in [0.1, 0.15) is 0 Å². The standard InChI is InChI=1S/C9H11NO2.3C9H8O4/c10-4-3-7-1-2-8-9(5-7)12-6-11-8;3*10-9(11)4-6-1-2-7-8(3-6)13-5-12-7/h1-2,5H,3-4,6,10H2;3*1-3H,4-5H2,(H,10,11). The predicted molar refractivity (Wildman–Crippen MR) is 177 cm³/mol. The van der Waals surface area contributed by atoms with Crippen molar-refractivity contribution in [3.05, 3.63) is 95.1 Å². The summed E-state index contributed by atoms with van der Waals surface area (Å²) in [5.41, 5.74) is 8.79. The Hall–Kier alpha value is -6.35. The van der Waals surface area contributed by atoms with E-state index in [9.17, 15) is 14.4 Å². The molecule has 0 saturated carbocycles. The van der Waals surface area contributed by atoms with Gasteiger partial charge in [-0.05, 0) is 83.8 Å². The van der Waals surface area contributed by atoms with E-state index >= 15 is 0 Å². The number of carboxylic acids is 3. The van der Waals surface area contributed by atoms with Crippen LogP contribution in [-0.2, 0) is 40.1 Å². The minimum absolute atomic E-state index is 0.0106. The topological polar surface area (TPSA) is 212 Å². The Labute approximate surface area is 291 Å². The molecule has 15 nitrogen and oxygen atoms in total. The number of ether oxygens (including phenoxy) is 8. The SMILES string of the molecule is NCCc1ccc2c(c1)OCO2.O=C(O)Cc1ccc2c(c1)OCO2.O=C(O)Cc1ccc2c(c1)OCO2.O=C(O)Cc1ccc2c(c1)OCO2. The molecule has 0 aliphatic carbocycles. The highest BCUT2D eigenvalue weighted by molar-refractivity contribution is 5.71. The molecule has 0 aromatic heterocycles. The molecule has 0 unspecified atom stereocenters. The van der Waals surface area contributed by atoms with Crippen molar-refractivity contribution in [2.75, 3.05) is 33.7 Å². The summed E-state index contributed by atoms with van der Waals surface area (Å²) >= 11 is 0. The Bertz CT molecular complexity index is 1690. The number of hydrogen-bond donors (Lipinski definition) is 4. The summed E-state index contributed by atoms with van der Waals surface area (Å²) in [6.07, 6.45) is 0.917. The lowest BCUT2D eigenvalue weighted by Gasteiger charge is -1.99. The fourth-order valence-electron chi connectivity index (χ4n) is 4.94. The maximum Gasteiger partial charge on any atom is 0.307 e. The highest BCUT2D eigenvalue weighted by atomic mass is 16.7. The van der Waals surface area contributed by atoms with Crippen molar-refractivity contribution in [3.8, 4) is 46.0 Å². The lowest BCUT2D eigenvalue weighted by atomic mass is 10.1. The van der Waals surface area contributed by atoms with E-state index in [1.165, 1.54) is 5.56 Å². The van der Waals surface area contributed by atoms with Gasteiger partial charge in [-0.15, -0.1) is 0 Å². The second-order valence-electron chi connectivity index (χ2n) is 11.0. The van der Waals surface area contributed by atoms with Gasteiger partial charge in [0.15, 0.2) is 46.0 Å². The van der Waals surface area contributed by atoms with Crippen LogP contribution in [0.1, 0.15) is 22.3 Å². The van der Waals surface area contributed by atoms with Crippen molar-refractivity contribution in [1.82, 2.24) is 0 Å². The summed E-state index contributed by atoms with van der Waals surface area (Å²) in [5, 5.41) is 25.6. The normalized spacial score (nSPS) is 13.0. The van der Waals surface area contributed by atoms with E-state index in [2.05, 4.69) is 0 Å². The molecule has 0 spiro atoms. The van der Waals surface area contributed by atoms with E-state index in [4.69, 9.17) is 58.9 Å². The van der Waals surface area contributed by atoms with E-state index in [0.717, 1.165) is 34.6 Å². The molecular weight excluding hydrogens is 670 g/mol. The quantitative estimate of drug-likeness (QED) is 0.204. The highest BCUT2D eigenvalue weighted by Gasteiger charge is 2.16. The van der Waals surface area contributed by atoms with Crippen LogP contribution in [0.5, 0.6) is 46.0 Å². The van der Waals surface area contributed by atoms with E-state index in [0.29, 0.717) is 47.8 Å². The molecule has 15 heteroatoms. The number of benzene rings is 4. The Morgan fingerprint density at radius 3 is 0.961 bits per heavy atom. The Morgan fingerprint density at radius 1 is 0.431 bits per heavy atom. The van der Waals surface area contributed by atoms with E-state index in [-0.39, 0.29) is 39.6 Å². The zero-order valence-electron chi connectivity index (χ0n) is 27.2. The van der Waals surface area contributed by atoms with Gasteiger partial charge in [0.05, 0.1) is 19.3 Å². The van der Waals surface area contributed by atoms with Crippen molar-refractivity contribution in [3.63, 3.8) is 0 Å². The zero-order valence-corrected chi connectivity index (χ0v) is 27.2. The lowest BCUT2D eigenvalue weighted by molar-refractivity contribution is -0.137. The first kappa shape index (κ1) is 35.9. The van der Waals surface area contributed by atoms with Crippen molar-refractivity contribution in [2.45, 2.75) is 25.7 Å². The summed E-state index contributed by atoms with van der Waals surface area (Å²) in [7, 11) is 0. The summed E-state index contributed by atoms with van der Waals surface area (Å²) in [4.78, 5) is 31.2. The first-order valence-corrected chi connectivity index (χ1v) is 15.6. The zero-order chi connectivity index (χ0) is 36.2. The number of fused-ring (bicyclic) bond motifs is 4. The van der Waals surface area contributed by atoms with Crippen LogP contribution in [0.15, 0.2) is 72.8 Å². The average molecular weight is 706 g/mol. The molecule has 4 heterocycles. The van der Waals surface area contributed by atoms with Crippen LogP contribution in [0.25, 0.3) is 0 Å².